The molecule has 0 aromatic heterocycles. The van der Waals surface area contributed by atoms with Crippen LogP contribution in [0.25, 0.3) is 0 Å². The highest BCUT2D eigenvalue weighted by atomic mass is 32.2. The van der Waals surface area contributed by atoms with E-state index in [1.165, 1.54) is 11.4 Å². The fourth-order valence-corrected chi connectivity index (χ4v) is 3.02. The predicted molar refractivity (Wildman–Crippen MR) is 69.0 cm³/mol. The number of carboxylic acid groups (broad SMARTS) is 1. The predicted octanol–water partition coefficient (Wildman–Crippen LogP) is -1.44. The zero-order chi connectivity index (χ0) is 14.5. The Balaban J connectivity index is 2.46. The number of nitrogens with zero attached hydrogens (tertiary/aromatic N) is 2. The summed E-state index contributed by atoms with van der Waals surface area (Å²) >= 11 is 0. The van der Waals surface area contributed by atoms with E-state index in [0.29, 0.717) is 32.8 Å². The molecule has 1 saturated heterocycles. The Kier molecular flexibility index (Phi) is 6.14. The van der Waals surface area contributed by atoms with E-state index in [-0.39, 0.29) is 6.54 Å². The van der Waals surface area contributed by atoms with E-state index in [2.05, 4.69) is 4.72 Å². The molecule has 0 spiro atoms. The Labute approximate surface area is 113 Å². The molecule has 9 heteroatoms. The zero-order valence-corrected chi connectivity index (χ0v) is 12.0. The van der Waals surface area contributed by atoms with E-state index in [9.17, 15) is 13.2 Å². The van der Waals surface area contributed by atoms with Crippen LogP contribution in [0.3, 0.4) is 0 Å². The molecule has 1 atom stereocenters. The number of carbonyl (C=O) groups is 1. The minimum atomic E-state index is -3.50. The number of piperazine rings is 1. The summed E-state index contributed by atoms with van der Waals surface area (Å²) in [6.45, 7) is 3.56. The van der Waals surface area contributed by atoms with Crippen molar-refractivity contribution in [1.29, 1.82) is 0 Å². The van der Waals surface area contributed by atoms with Crippen molar-refractivity contribution in [3.8, 4) is 0 Å². The monoisotopic (exact) mass is 295 g/mol. The molecule has 1 aliphatic heterocycles. The molecule has 0 amide bonds. The van der Waals surface area contributed by atoms with Crippen molar-refractivity contribution in [1.82, 2.24) is 13.9 Å². The summed E-state index contributed by atoms with van der Waals surface area (Å²) in [5.74, 6) is -0.894. The maximum absolute atomic E-state index is 11.9. The number of rotatable bonds is 7. The van der Waals surface area contributed by atoms with Gasteiger partial charge in [-0.3, -0.25) is 9.69 Å². The van der Waals surface area contributed by atoms with Crippen LogP contribution in [0.15, 0.2) is 0 Å². The number of hydrogen-bond acceptors (Lipinski definition) is 5. The molecule has 0 aromatic carbocycles. The largest absolute Gasteiger partial charge is 0.480 e. The zero-order valence-electron chi connectivity index (χ0n) is 11.2. The van der Waals surface area contributed by atoms with Crippen LogP contribution in [0.4, 0.5) is 0 Å². The van der Waals surface area contributed by atoms with Gasteiger partial charge in [-0.2, -0.15) is 17.4 Å². The molecule has 8 nitrogen and oxygen atoms in total. The van der Waals surface area contributed by atoms with Crippen molar-refractivity contribution in [2.75, 3.05) is 46.4 Å². The van der Waals surface area contributed by atoms with Gasteiger partial charge in [-0.25, -0.2) is 0 Å². The summed E-state index contributed by atoms with van der Waals surface area (Å²) in [7, 11) is -2.00. The third kappa shape index (κ3) is 4.69. The molecule has 0 aliphatic carbocycles. The Bertz CT molecular complexity index is 392. The lowest BCUT2D eigenvalue weighted by Crippen LogP contribution is -2.55. The number of carboxylic acids is 1. The molecule has 0 aromatic rings. The average molecular weight is 295 g/mol. The molecular weight excluding hydrogens is 274 g/mol. The molecule has 112 valence electrons. The molecule has 0 bridgehead atoms. The Morgan fingerprint density at radius 2 is 1.95 bits per heavy atom. The van der Waals surface area contributed by atoms with Crippen LogP contribution >= 0.6 is 0 Å². The lowest BCUT2D eigenvalue weighted by atomic mass is 10.2. The summed E-state index contributed by atoms with van der Waals surface area (Å²) < 4.78 is 32.3. The molecule has 1 aliphatic rings. The number of nitrogens with one attached hydrogen (secondary N) is 1. The number of ether oxygens (including phenoxy) is 1. The second kappa shape index (κ2) is 7.15. The van der Waals surface area contributed by atoms with Gasteiger partial charge in [-0.15, -0.1) is 0 Å². The molecule has 2 N–H and O–H groups in total. The van der Waals surface area contributed by atoms with Crippen molar-refractivity contribution < 1.29 is 23.1 Å². The topological polar surface area (TPSA) is 99.2 Å². The van der Waals surface area contributed by atoms with Crippen molar-refractivity contribution in [3.63, 3.8) is 0 Å². The Morgan fingerprint density at radius 1 is 1.37 bits per heavy atom. The lowest BCUT2D eigenvalue weighted by Gasteiger charge is -2.35. The minimum absolute atomic E-state index is 0.227. The number of methoxy groups -OCH3 is 1. The highest BCUT2D eigenvalue weighted by molar-refractivity contribution is 7.87. The van der Waals surface area contributed by atoms with Crippen LogP contribution in [0.5, 0.6) is 0 Å². The quantitative estimate of drug-likeness (QED) is 0.558. The first-order valence-corrected chi connectivity index (χ1v) is 7.53. The number of hydrogen-bond donors (Lipinski definition) is 2. The van der Waals surface area contributed by atoms with E-state index in [1.807, 2.05) is 0 Å². The SMILES string of the molecule is COCCNS(=O)(=O)N1CCN(C(C)C(=O)O)CC1. The Hall–Kier alpha value is -0.740. The highest BCUT2D eigenvalue weighted by Crippen LogP contribution is 2.09. The van der Waals surface area contributed by atoms with E-state index in [4.69, 9.17) is 9.84 Å². The molecule has 1 rings (SSSR count). The summed E-state index contributed by atoms with van der Waals surface area (Å²) in [5.41, 5.74) is 0. The van der Waals surface area contributed by atoms with Gasteiger partial charge in [-0.05, 0) is 6.92 Å². The van der Waals surface area contributed by atoms with E-state index >= 15 is 0 Å². The molecular formula is C10H21N3O5S. The lowest BCUT2D eigenvalue weighted by molar-refractivity contribution is -0.143. The first-order chi connectivity index (χ1) is 8.88. The maximum atomic E-state index is 11.9. The normalized spacial score (nSPS) is 20.3. The minimum Gasteiger partial charge on any atom is -0.480 e. The van der Waals surface area contributed by atoms with Gasteiger partial charge >= 0.3 is 5.97 Å². The maximum Gasteiger partial charge on any atom is 0.320 e. The molecule has 0 saturated carbocycles. The van der Waals surface area contributed by atoms with Crippen LogP contribution < -0.4 is 4.72 Å². The van der Waals surface area contributed by atoms with Gasteiger partial charge in [0.15, 0.2) is 0 Å². The van der Waals surface area contributed by atoms with Gasteiger partial charge in [-0.1, -0.05) is 0 Å². The first-order valence-electron chi connectivity index (χ1n) is 6.09. The Morgan fingerprint density at radius 3 is 2.42 bits per heavy atom. The second-order valence-corrected chi connectivity index (χ2v) is 6.10. The fraction of sp³-hybridized carbons (Fsp3) is 0.900. The van der Waals surface area contributed by atoms with Gasteiger partial charge in [0.25, 0.3) is 10.2 Å². The van der Waals surface area contributed by atoms with E-state index < -0.39 is 22.2 Å². The highest BCUT2D eigenvalue weighted by Gasteiger charge is 2.30. The smallest absolute Gasteiger partial charge is 0.320 e. The van der Waals surface area contributed by atoms with Crippen LogP contribution in [-0.4, -0.2) is 81.2 Å². The van der Waals surface area contributed by atoms with Gasteiger partial charge in [0.05, 0.1) is 6.61 Å². The van der Waals surface area contributed by atoms with Gasteiger partial charge in [0.1, 0.15) is 6.04 Å². The molecule has 0 radical (unpaired) electrons. The van der Waals surface area contributed by atoms with Crippen molar-refractivity contribution >= 4 is 16.2 Å². The molecule has 1 unspecified atom stereocenters. The van der Waals surface area contributed by atoms with Crippen molar-refractivity contribution in [3.05, 3.63) is 0 Å². The number of aliphatic carboxylic acids is 1. The van der Waals surface area contributed by atoms with Gasteiger partial charge < -0.3 is 9.84 Å². The standard InChI is InChI=1S/C10H21N3O5S/c1-9(10(14)15)12-4-6-13(7-5-12)19(16,17)11-3-8-18-2/h9,11H,3-8H2,1-2H3,(H,14,15). The van der Waals surface area contributed by atoms with Crippen molar-refractivity contribution in [2.24, 2.45) is 0 Å². The van der Waals surface area contributed by atoms with E-state index in [0.717, 1.165) is 0 Å². The second-order valence-electron chi connectivity index (χ2n) is 4.34. The average Bonchev–Trinajstić information content (AvgIpc) is 2.38. The van der Waals surface area contributed by atoms with Crippen LogP contribution in [0, 0.1) is 0 Å². The molecule has 1 fully saturated rings. The van der Waals surface area contributed by atoms with Crippen LogP contribution in [0.2, 0.25) is 0 Å². The molecule has 1 heterocycles. The van der Waals surface area contributed by atoms with Gasteiger partial charge in [0, 0.05) is 39.8 Å². The van der Waals surface area contributed by atoms with Gasteiger partial charge in [0.2, 0.25) is 0 Å². The summed E-state index contributed by atoms with van der Waals surface area (Å²) in [6, 6.07) is -0.591. The van der Waals surface area contributed by atoms with Crippen molar-refractivity contribution in [2.45, 2.75) is 13.0 Å². The summed E-state index contributed by atoms with van der Waals surface area (Å²) in [6.07, 6.45) is 0. The summed E-state index contributed by atoms with van der Waals surface area (Å²) in [4.78, 5) is 12.6. The summed E-state index contributed by atoms with van der Waals surface area (Å²) in [5, 5.41) is 8.90. The fourth-order valence-electron chi connectivity index (χ4n) is 1.85. The third-order valence-electron chi connectivity index (χ3n) is 3.11. The first kappa shape index (κ1) is 16.3. The van der Waals surface area contributed by atoms with Crippen LogP contribution in [0.1, 0.15) is 6.92 Å². The third-order valence-corrected chi connectivity index (χ3v) is 4.72. The van der Waals surface area contributed by atoms with Crippen LogP contribution in [-0.2, 0) is 19.7 Å². The van der Waals surface area contributed by atoms with E-state index in [1.54, 1.807) is 11.8 Å². The molecule has 19 heavy (non-hydrogen) atoms.